The molecule has 0 amide bonds. The van der Waals surface area contributed by atoms with E-state index in [1.54, 1.807) is 36.5 Å². The summed E-state index contributed by atoms with van der Waals surface area (Å²) in [6.07, 6.45) is 2.81. The van der Waals surface area contributed by atoms with E-state index in [1.165, 1.54) is 6.26 Å². The van der Waals surface area contributed by atoms with Crippen LogP contribution < -0.4 is 11.5 Å². The van der Waals surface area contributed by atoms with E-state index in [9.17, 15) is 8.42 Å². The van der Waals surface area contributed by atoms with Gasteiger partial charge in [0.2, 0.25) is 5.95 Å². The van der Waals surface area contributed by atoms with Gasteiger partial charge in [-0.2, -0.15) is 0 Å². The number of aromatic nitrogens is 3. The second-order valence-corrected chi connectivity index (χ2v) is 7.67. The van der Waals surface area contributed by atoms with Gasteiger partial charge in [0.05, 0.1) is 16.3 Å². The average molecular weight is 355 g/mol. The molecule has 3 rings (SSSR count). The van der Waals surface area contributed by atoms with Crippen LogP contribution in [-0.2, 0) is 9.84 Å². The van der Waals surface area contributed by atoms with Crippen molar-refractivity contribution in [3.63, 3.8) is 0 Å². The van der Waals surface area contributed by atoms with Crippen LogP contribution in [0.1, 0.15) is 5.69 Å². The molecule has 128 valence electrons. The molecule has 8 heteroatoms. The maximum atomic E-state index is 11.6. The molecule has 2 heterocycles. The topological polar surface area (TPSA) is 125 Å². The van der Waals surface area contributed by atoms with Crippen LogP contribution in [0.4, 0.5) is 11.8 Å². The Kier molecular flexibility index (Phi) is 4.13. The summed E-state index contributed by atoms with van der Waals surface area (Å²) >= 11 is 0. The van der Waals surface area contributed by atoms with E-state index < -0.39 is 9.84 Å². The predicted molar refractivity (Wildman–Crippen MR) is 97.4 cm³/mol. The lowest BCUT2D eigenvalue weighted by atomic mass is 9.99. The van der Waals surface area contributed by atoms with E-state index in [4.69, 9.17) is 11.5 Å². The summed E-state index contributed by atoms with van der Waals surface area (Å²) < 4.78 is 23.3. The average Bonchev–Trinajstić information content (AvgIpc) is 2.55. The van der Waals surface area contributed by atoms with Gasteiger partial charge < -0.3 is 11.5 Å². The summed E-state index contributed by atoms with van der Waals surface area (Å²) in [6.45, 7) is 1.83. The molecule has 0 radical (unpaired) electrons. The van der Waals surface area contributed by atoms with Gasteiger partial charge in [0.25, 0.3) is 0 Å². The minimum Gasteiger partial charge on any atom is -0.384 e. The first-order chi connectivity index (χ1) is 11.8. The number of nitrogens with two attached hydrogens (primary N) is 2. The van der Waals surface area contributed by atoms with Crippen molar-refractivity contribution in [2.45, 2.75) is 11.8 Å². The Balaban J connectivity index is 2.20. The molecule has 0 bridgehead atoms. The summed E-state index contributed by atoms with van der Waals surface area (Å²) in [5, 5.41) is 0. The van der Waals surface area contributed by atoms with Crippen molar-refractivity contribution in [3.8, 4) is 22.4 Å². The van der Waals surface area contributed by atoms with E-state index in [1.807, 2.05) is 13.0 Å². The summed E-state index contributed by atoms with van der Waals surface area (Å²) in [7, 11) is -3.27. The molecule has 7 nitrogen and oxygen atoms in total. The zero-order valence-corrected chi connectivity index (χ0v) is 14.6. The highest BCUT2D eigenvalue weighted by atomic mass is 32.2. The van der Waals surface area contributed by atoms with Gasteiger partial charge in [-0.05, 0) is 31.2 Å². The van der Waals surface area contributed by atoms with Crippen LogP contribution in [0.5, 0.6) is 0 Å². The van der Waals surface area contributed by atoms with Gasteiger partial charge in [0.15, 0.2) is 9.84 Å². The van der Waals surface area contributed by atoms with E-state index in [-0.39, 0.29) is 10.8 Å². The third-order valence-corrected chi connectivity index (χ3v) is 4.87. The van der Waals surface area contributed by atoms with Crippen LogP contribution >= 0.6 is 0 Å². The molecular formula is C17H17N5O2S. The fourth-order valence-corrected chi connectivity index (χ4v) is 3.19. The van der Waals surface area contributed by atoms with Gasteiger partial charge in [-0.1, -0.05) is 12.1 Å². The second kappa shape index (κ2) is 6.14. The molecule has 0 saturated heterocycles. The zero-order chi connectivity index (χ0) is 18.2. The quantitative estimate of drug-likeness (QED) is 0.737. The molecule has 0 aliphatic rings. The van der Waals surface area contributed by atoms with Crippen molar-refractivity contribution >= 4 is 21.6 Å². The summed E-state index contributed by atoms with van der Waals surface area (Å²) in [4.78, 5) is 12.9. The molecule has 0 unspecified atom stereocenters. The van der Waals surface area contributed by atoms with Crippen LogP contribution in [-0.4, -0.2) is 29.6 Å². The Labute approximate surface area is 145 Å². The molecule has 0 aliphatic carbocycles. The van der Waals surface area contributed by atoms with Crippen LogP contribution in [0.2, 0.25) is 0 Å². The summed E-state index contributed by atoms with van der Waals surface area (Å²) in [5.74, 6) is 0.559. The van der Waals surface area contributed by atoms with Crippen LogP contribution in [0, 0.1) is 6.92 Å². The number of pyridine rings is 1. The molecule has 4 N–H and O–H groups in total. The number of anilines is 2. The van der Waals surface area contributed by atoms with E-state index >= 15 is 0 Å². The number of hydrogen-bond donors (Lipinski definition) is 2. The van der Waals surface area contributed by atoms with Gasteiger partial charge in [0, 0.05) is 29.1 Å². The van der Waals surface area contributed by atoms with Crippen LogP contribution in [0.15, 0.2) is 47.5 Å². The normalized spacial score (nSPS) is 11.4. The summed E-state index contributed by atoms with van der Waals surface area (Å²) in [6, 6.07) is 10.0. The number of aryl methyl sites for hydroxylation is 1. The highest BCUT2D eigenvalue weighted by Crippen LogP contribution is 2.33. The Morgan fingerprint density at radius 3 is 2.12 bits per heavy atom. The first-order valence-electron chi connectivity index (χ1n) is 7.42. The molecule has 3 aromatic rings. The van der Waals surface area contributed by atoms with Gasteiger partial charge in [-0.3, -0.25) is 0 Å². The minimum atomic E-state index is -3.27. The number of rotatable bonds is 3. The molecule has 1 aromatic carbocycles. The smallest absolute Gasteiger partial charge is 0.220 e. The first kappa shape index (κ1) is 16.8. The Bertz CT molecular complexity index is 1030. The van der Waals surface area contributed by atoms with Crippen molar-refractivity contribution in [1.29, 1.82) is 0 Å². The third kappa shape index (κ3) is 3.43. The number of benzene rings is 1. The molecule has 0 spiro atoms. The van der Waals surface area contributed by atoms with Crippen molar-refractivity contribution < 1.29 is 8.42 Å². The number of sulfone groups is 1. The van der Waals surface area contributed by atoms with Gasteiger partial charge in [-0.25, -0.2) is 23.4 Å². The van der Waals surface area contributed by atoms with Gasteiger partial charge in [0.1, 0.15) is 5.82 Å². The number of nitrogens with zero attached hydrogens (tertiary/aromatic N) is 3. The fourth-order valence-electron chi connectivity index (χ4n) is 2.56. The maximum absolute atomic E-state index is 11.6. The number of hydrogen-bond acceptors (Lipinski definition) is 7. The molecule has 2 aromatic heterocycles. The molecule has 0 fully saturated rings. The SMILES string of the molecule is Cc1nc(N)nc(-c2ccc(S(C)(=O)=O)cc2)c1-c1ccc(N)nc1. The van der Waals surface area contributed by atoms with Crippen molar-refractivity contribution in [1.82, 2.24) is 15.0 Å². The van der Waals surface area contributed by atoms with Gasteiger partial charge >= 0.3 is 0 Å². The maximum Gasteiger partial charge on any atom is 0.220 e. The van der Waals surface area contributed by atoms with E-state index in [0.29, 0.717) is 17.2 Å². The third-order valence-electron chi connectivity index (χ3n) is 3.74. The standard InChI is InChI=1S/C17H17N5O2S/c1-10-15(12-5-8-14(18)20-9-12)16(22-17(19)21-10)11-3-6-13(7-4-11)25(2,23)24/h3-9H,1-2H3,(H2,18,20)(H2,19,21,22). The van der Waals surface area contributed by atoms with Crippen molar-refractivity contribution in [3.05, 3.63) is 48.3 Å². The first-order valence-corrected chi connectivity index (χ1v) is 9.31. The lowest BCUT2D eigenvalue weighted by Crippen LogP contribution is -2.03. The largest absolute Gasteiger partial charge is 0.384 e. The highest BCUT2D eigenvalue weighted by Gasteiger charge is 2.16. The van der Waals surface area contributed by atoms with Crippen LogP contribution in [0.3, 0.4) is 0 Å². The molecule has 25 heavy (non-hydrogen) atoms. The Morgan fingerprint density at radius 2 is 1.56 bits per heavy atom. The molecule has 0 saturated carbocycles. The summed E-state index contributed by atoms with van der Waals surface area (Å²) in [5.41, 5.74) is 15.1. The van der Waals surface area contributed by atoms with Crippen molar-refractivity contribution in [2.24, 2.45) is 0 Å². The van der Waals surface area contributed by atoms with Crippen LogP contribution in [0.25, 0.3) is 22.4 Å². The van der Waals surface area contributed by atoms with E-state index in [0.717, 1.165) is 16.7 Å². The molecule has 0 aliphatic heterocycles. The number of nitrogen functional groups attached to an aromatic ring is 2. The molecular weight excluding hydrogens is 338 g/mol. The monoisotopic (exact) mass is 355 g/mol. The minimum absolute atomic E-state index is 0.145. The Hall–Kier alpha value is -3.00. The zero-order valence-electron chi connectivity index (χ0n) is 13.8. The van der Waals surface area contributed by atoms with Gasteiger partial charge in [-0.15, -0.1) is 0 Å². The van der Waals surface area contributed by atoms with E-state index in [2.05, 4.69) is 15.0 Å². The lowest BCUT2D eigenvalue weighted by molar-refractivity contribution is 0.602. The Morgan fingerprint density at radius 1 is 0.920 bits per heavy atom. The second-order valence-electron chi connectivity index (χ2n) is 5.66. The highest BCUT2D eigenvalue weighted by molar-refractivity contribution is 7.90. The fraction of sp³-hybridized carbons (Fsp3) is 0.118. The van der Waals surface area contributed by atoms with Crippen molar-refractivity contribution in [2.75, 3.05) is 17.7 Å². The molecule has 0 atom stereocenters. The lowest BCUT2D eigenvalue weighted by Gasteiger charge is -2.13. The predicted octanol–water partition coefficient (Wildman–Crippen LogP) is 2.08.